The molecule has 2 heterocycles. The van der Waals surface area contributed by atoms with Crippen molar-refractivity contribution in [1.29, 1.82) is 0 Å². The van der Waals surface area contributed by atoms with Crippen LogP contribution < -0.4 is 10.1 Å². The Balaban J connectivity index is 1.83. The van der Waals surface area contributed by atoms with Gasteiger partial charge in [-0.3, -0.25) is 9.97 Å². The van der Waals surface area contributed by atoms with Gasteiger partial charge in [-0.05, 0) is 52.2 Å². The maximum Gasteiger partial charge on any atom is 0.408 e. The summed E-state index contributed by atoms with van der Waals surface area (Å²) in [5.41, 5.74) is -0.368. The Morgan fingerprint density at radius 2 is 1.86 bits per heavy atom. The molecular weight excluding hydrogens is 476 g/mol. The number of nitrogens with zero attached hydrogens (tertiary/aromatic N) is 2. The van der Waals surface area contributed by atoms with Crippen LogP contribution in [0.15, 0.2) is 36.7 Å². The molecule has 35 heavy (non-hydrogen) atoms. The zero-order chi connectivity index (χ0) is 26.0. The van der Waals surface area contributed by atoms with E-state index in [1.165, 1.54) is 12.4 Å². The van der Waals surface area contributed by atoms with E-state index >= 15 is 0 Å². The zero-order valence-electron chi connectivity index (χ0n) is 20.7. The monoisotopic (exact) mass is 505 g/mol. The molecule has 1 amide bonds. The largest absolute Gasteiger partial charge is 0.488 e. The van der Waals surface area contributed by atoms with E-state index in [0.29, 0.717) is 23.4 Å². The van der Waals surface area contributed by atoms with Crippen molar-refractivity contribution in [1.82, 2.24) is 15.3 Å². The summed E-state index contributed by atoms with van der Waals surface area (Å²) in [6.45, 7) is 11.5. The second-order valence-electron chi connectivity index (χ2n) is 10.2. The van der Waals surface area contributed by atoms with Gasteiger partial charge in [-0.15, -0.1) is 0 Å². The number of hydrogen-bond acceptors (Lipinski definition) is 5. The molecule has 3 rings (SSSR count). The number of carbonyl (C=O) groups is 1. The maximum atomic E-state index is 14.5. The van der Waals surface area contributed by atoms with Gasteiger partial charge in [0.15, 0.2) is 5.75 Å². The van der Waals surface area contributed by atoms with Crippen molar-refractivity contribution in [2.75, 3.05) is 6.61 Å². The van der Waals surface area contributed by atoms with E-state index in [4.69, 9.17) is 21.1 Å². The third-order valence-corrected chi connectivity index (χ3v) is 5.36. The second-order valence-corrected chi connectivity index (χ2v) is 10.6. The van der Waals surface area contributed by atoms with Crippen LogP contribution in [0.4, 0.5) is 13.6 Å². The van der Waals surface area contributed by atoms with Crippen LogP contribution >= 0.6 is 11.6 Å². The van der Waals surface area contributed by atoms with Crippen molar-refractivity contribution in [3.63, 3.8) is 0 Å². The summed E-state index contributed by atoms with van der Waals surface area (Å²) in [6, 6.07) is 5.11. The first-order valence-corrected chi connectivity index (χ1v) is 11.7. The molecule has 0 fully saturated rings. The first-order chi connectivity index (χ1) is 16.3. The number of alkyl carbamates (subject to hydrolysis) is 1. The number of nitrogens with one attached hydrogen (secondary N) is 1. The van der Waals surface area contributed by atoms with Gasteiger partial charge in [-0.25, -0.2) is 13.6 Å². The molecule has 188 valence electrons. The Kier molecular flexibility index (Phi) is 7.84. The van der Waals surface area contributed by atoms with Crippen molar-refractivity contribution in [3.8, 4) is 17.0 Å². The summed E-state index contributed by atoms with van der Waals surface area (Å²) < 4.78 is 39.5. The van der Waals surface area contributed by atoms with Gasteiger partial charge in [0.25, 0.3) is 0 Å². The van der Waals surface area contributed by atoms with Crippen molar-refractivity contribution in [2.45, 2.75) is 59.1 Å². The lowest BCUT2D eigenvalue weighted by Crippen LogP contribution is -2.52. The van der Waals surface area contributed by atoms with Crippen molar-refractivity contribution in [2.24, 2.45) is 5.92 Å². The van der Waals surface area contributed by atoms with E-state index in [-0.39, 0.29) is 28.5 Å². The molecule has 0 spiro atoms. The number of rotatable bonds is 7. The summed E-state index contributed by atoms with van der Waals surface area (Å²) in [4.78, 5) is 20.8. The van der Waals surface area contributed by atoms with E-state index < -0.39 is 28.9 Å². The standard InChI is InChI=1S/C26H30ClF2N3O3/c1-15(2)12-26(6,32-24(33)35-25(3,4)5)14-34-22-13-31-20(11-18(22)27)17-7-8-30-21-10-16(28)9-19(29)23(17)21/h7-11,13,15H,12,14H2,1-6H3,(H,32,33). The number of ether oxygens (including phenoxy) is 2. The Hall–Kier alpha value is -3.00. The van der Waals surface area contributed by atoms with Crippen LogP contribution in [0.1, 0.15) is 48.0 Å². The molecule has 3 aromatic rings. The van der Waals surface area contributed by atoms with Crippen molar-refractivity contribution in [3.05, 3.63) is 53.3 Å². The first-order valence-electron chi connectivity index (χ1n) is 11.3. The highest BCUT2D eigenvalue weighted by Gasteiger charge is 2.31. The Morgan fingerprint density at radius 1 is 1.14 bits per heavy atom. The number of pyridine rings is 2. The molecule has 9 heteroatoms. The van der Waals surface area contributed by atoms with Gasteiger partial charge in [0.2, 0.25) is 0 Å². The van der Waals surface area contributed by atoms with Crippen LogP contribution in [-0.2, 0) is 4.74 Å². The molecule has 0 aliphatic heterocycles. The molecule has 0 radical (unpaired) electrons. The van der Waals surface area contributed by atoms with Gasteiger partial charge in [0.05, 0.1) is 28.0 Å². The van der Waals surface area contributed by atoms with Crippen molar-refractivity contribution < 1.29 is 23.0 Å². The molecule has 1 N–H and O–H groups in total. The Bertz CT molecular complexity index is 1230. The minimum atomic E-state index is -0.737. The lowest BCUT2D eigenvalue weighted by Gasteiger charge is -2.33. The highest BCUT2D eigenvalue weighted by Crippen LogP contribution is 2.33. The predicted octanol–water partition coefficient (Wildman–Crippen LogP) is 6.94. The molecule has 0 aliphatic carbocycles. The van der Waals surface area contributed by atoms with Gasteiger partial charge in [0.1, 0.15) is 23.8 Å². The fourth-order valence-corrected chi connectivity index (χ4v) is 4.13. The highest BCUT2D eigenvalue weighted by molar-refractivity contribution is 6.32. The first kappa shape index (κ1) is 26.6. The Morgan fingerprint density at radius 3 is 2.49 bits per heavy atom. The molecule has 1 unspecified atom stereocenters. The quantitative estimate of drug-likeness (QED) is 0.376. The van der Waals surface area contributed by atoms with Gasteiger partial charge in [0, 0.05) is 29.3 Å². The number of benzene rings is 1. The third kappa shape index (κ3) is 7.01. The summed E-state index contributed by atoms with van der Waals surface area (Å²) in [7, 11) is 0. The molecule has 0 aliphatic rings. The van der Waals surface area contributed by atoms with E-state index in [9.17, 15) is 13.6 Å². The van der Waals surface area contributed by atoms with Crippen LogP contribution in [0.25, 0.3) is 22.2 Å². The highest BCUT2D eigenvalue weighted by atomic mass is 35.5. The van der Waals surface area contributed by atoms with Crippen LogP contribution in [0, 0.1) is 17.6 Å². The van der Waals surface area contributed by atoms with E-state index in [0.717, 1.165) is 12.1 Å². The van der Waals surface area contributed by atoms with E-state index in [1.54, 1.807) is 32.9 Å². The molecule has 2 aromatic heterocycles. The van der Waals surface area contributed by atoms with Crippen LogP contribution in [0.2, 0.25) is 5.02 Å². The topological polar surface area (TPSA) is 73.3 Å². The van der Waals surface area contributed by atoms with Gasteiger partial charge in [-0.2, -0.15) is 0 Å². The Labute approximate surface area is 209 Å². The van der Waals surface area contributed by atoms with E-state index in [1.807, 2.05) is 20.8 Å². The number of hydrogen-bond donors (Lipinski definition) is 1. The number of amides is 1. The molecule has 1 atom stereocenters. The number of halogens is 3. The average Bonchev–Trinajstić information content (AvgIpc) is 2.70. The second kappa shape index (κ2) is 10.3. The summed E-state index contributed by atoms with van der Waals surface area (Å²) in [5.74, 6) is -0.867. The fourth-order valence-electron chi connectivity index (χ4n) is 3.92. The molecule has 0 saturated carbocycles. The number of fused-ring (bicyclic) bond motifs is 1. The van der Waals surface area contributed by atoms with Crippen LogP contribution in [0.3, 0.4) is 0 Å². The third-order valence-electron chi connectivity index (χ3n) is 5.06. The van der Waals surface area contributed by atoms with Crippen LogP contribution in [0.5, 0.6) is 5.75 Å². The van der Waals surface area contributed by atoms with Gasteiger partial charge >= 0.3 is 6.09 Å². The normalized spacial score (nSPS) is 13.5. The van der Waals surface area contributed by atoms with E-state index in [2.05, 4.69) is 15.3 Å². The summed E-state index contributed by atoms with van der Waals surface area (Å²) >= 11 is 6.48. The smallest absolute Gasteiger partial charge is 0.408 e. The molecule has 1 aromatic carbocycles. The summed E-state index contributed by atoms with van der Waals surface area (Å²) in [6.07, 6.45) is 2.99. The molecule has 0 bridgehead atoms. The number of aromatic nitrogens is 2. The minimum Gasteiger partial charge on any atom is -0.488 e. The fraction of sp³-hybridized carbons (Fsp3) is 0.423. The molecule has 6 nitrogen and oxygen atoms in total. The van der Waals surface area contributed by atoms with Gasteiger partial charge in [-0.1, -0.05) is 25.4 Å². The average molecular weight is 506 g/mol. The summed E-state index contributed by atoms with van der Waals surface area (Å²) in [5, 5.41) is 3.32. The van der Waals surface area contributed by atoms with Gasteiger partial charge < -0.3 is 14.8 Å². The zero-order valence-corrected chi connectivity index (χ0v) is 21.5. The number of carbonyl (C=O) groups excluding carboxylic acids is 1. The molecule has 0 saturated heterocycles. The van der Waals surface area contributed by atoms with Crippen molar-refractivity contribution >= 4 is 28.6 Å². The minimum absolute atomic E-state index is 0.122. The van der Waals surface area contributed by atoms with Crippen LogP contribution in [-0.4, -0.2) is 33.8 Å². The lowest BCUT2D eigenvalue weighted by molar-refractivity contribution is 0.0408. The SMILES string of the molecule is CC(C)CC(C)(COc1cnc(-c2ccnc3cc(F)cc(F)c23)cc1Cl)NC(=O)OC(C)(C)C. The molecular formula is C26H30ClF2N3O3. The maximum absolute atomic E-state index is 14.5. The lowest BCUT2D eigenvalue weighted by atomic mass is 9.91. The predicted molar refractivity (Wildman–Crippen MR) is 133 cm³/mol.